The zero-order valence-corrected chi connectivity index (χ0v) is 12.2. The van der Waals surface area contributed by atoms with Gasteiger partial charge in [-0.25, -0.2) is 0 Å². The van der Waals surface area contributed by atoms with Crippen LogP contribution < -0.4 is 15.4 Å². The van der Waals surface area contributed by atoms with E-state index in [0.29, 0.717) is 24.6 Å². The molecule has 1 rings (SSSR count). The molecule has 1 aromatic carbocycles. The molecule has 0 radical (unpaired) electrons. The van der Waals surface area contributed by atoms with Crippen LogP contribution in [0.1, 0.15) is 25.8 Å². The zero-order chi connectivity index (χ0) is 14.3. The molecule has 0 bridgehead atoms. The predicted molar refractivity (Wildman–Crippen MR) is 78.7 cm³/mol. The maximum Gasteiger partial charge on any atom is 0.225 e. The van der Waals surface area contributed by atoms with Gasteiger partial charge in [-0.1, -0.05) is 19.9 Å². The molecule has 0 unspecified atom stereocenters. The SMILES string of the molecule is COc1ccc(C)cc1NC(=O)CCNCC(C)C. The van der Waals surface area contributed by atoms with Gasteiger partial charge < -0.3 is 15.4 Å². The van der Waals surface area contributed by atoms with E-state index in [1.54, 1.807) is 7.11 Å². The number of nitrogens with one attached hydrogen (secondary N) is 2. The molecule has 0 aliphatic carbocycles. The van der Waals surface area contributed by atoms with Gasteiger partial charge in [0, 0.05) is 13.0 Å². The molecule has 0 saturated heterocycles. The number of carbonyl (C=O) groups excluding carboxylic acids is 1. The van der Waals surface area contributed by atoms with E-state index in [0.717, 1.165) is 17.8 Å². The number of amides is 1. The summed E-state index contributed by atoms with van der Waals surface area (Å²) in [7, 11) is 1.60. The predicted octanol–water partition coefficient (Wildman–Crippen LogP) is 2.58. The number of benzene rings is 1. The first-order valence-corrected chi connectivity index (χ1v) is 6.68. The van der Waals surface area contributed by atoms with Gasteiger partial charge >= 0.3 is 0 Å². The standard InChI is InChI=1S/C15H24N2O2/c1-11(2)10-16-8-7-15(18)17-13-9-12(3)5-6-14(13)19-4/h5-6,9,11,16H,7-8,10H2,1-4H3,(H,17,18). The van der Waals surface area contributed by atoms with Crippen molar-refractivity contribution in [2.24, 2.45) is 5.92 Å². The van der Waals surface area contributed by atoms with Crippen molar-refractivity contribution in [3.63, 3.8) is 0 Å². The van der Waals surface area contributed by atoms with Crippen LogP contribution in [0.3, 0.4) is 0 Å². The second-order valence-corrected chi connectivity index (χ2v) is 5.10. The number of aryl methyl sites for hydroxylation is 1. The van der Waals surface area contributed by atoms with Crippen LogP contribution in [0.2, 0.25) is 0 Å². The average Bonchev–Trinajstić information content (AvgIpc) is 2.35. The average molecular weight is 264 g/mol. The third-order valence-corrected chi connectivity index (χ3v) is 2.71. The van der Waals surface area contributed by atoms with E-state index in [9.17, 15) is 4.79 Å². The van der Waals surface area contributed by atoms with Crippen LogP contribution in [-0.4, -0.2) is 26.1 Å². The third-order valence-electron chi connectivity index (χ3n) is 2.71. The minimum Gasteiger partial charge on any atom is -0.495 e. The summed E-state index contributed by atoms with van der Waals surface area (Å²) in [6, 6.07) is 5.74. The van der Waals surface area contributed by atoms with Gasteiger partial charge in [0.1, 0.15) is 5.75 Å². The highest BCUT2D eigenvalue weighted by molar-refractivity contribution is 5.92. The van der Waals surface area contributed by atoms with Gasteiger partial charge in [0.15, 0.2) is 0 Å². The van der Waals surface area contributed by atoms with E-state index in [-0.39, 0.29) is 5.91 Å². The van der Waals surface area contributed by atoms with E-state index in [4.69, 9.17) is 4.74 Å². The van der Waals surface area contributed by atoms with Crippen molar-refractivity contribution >= 4 is 11.6 Å². The molecule has 4 heteroatoms. The van der Waals surface area contributed by atoms with Crippen molar-refractivity contribution in [3.05, 3.63) is 23.8 Å². The van der Waals surface area contributed by atoms with Crippen LogP contribution in [0.15, 0.2) is 18.2 Å². The highest BCUT2D eigenvalue weighted by Gasteiger charge is 2.07. The Bertz CT molecular complexity index is 417. The lowest BCUT2D eigenvalue weighted by Crippen LogP contribution is -2.25. The maximum atomic E-state index is 11.8. The molecule has 19 heavy (non-hydrogen) atoms. The van der Waals surface area contributed by atoms with Crippen molar-refractivity contribution in [3.8, 4) is 5.75 Å². The minimum absolute atomic E-state index is 0.000145. The second-order valence-electron chi connectivity index (χ2n) is 5.10. The molecule has 1 amide bonds. The van der Waals surface area contributed by atoms with Gasteiger partial charge in [-0.05, 0) is 37.1 Å². The monoisotopic (exact) mass is 264 g/mol. The highest BCUT2D eigenvalue weighted by Crippen LogP contribution is 2.25. The van der Waals surface area contributed by atoms with E-state index in [2.05, 4.69) is 24.5 Å². The number of hydrogen-bond acceptors (Lipinski definition) is 3. The van der Waals surface area contributed by atoms with Crippen LogP contribution in [0.25, 0.3) is 0 Å². The topological polar surface area (TPSA) is 50.4 Å². The summed E-state index contributed by atoms with van der Waals surface area (Å²) >= 11 is 0. The molecule has 4 nitrogen and oxygen atoms in total. The van der Waals surface area contributed by atoms with Crippen molar-refractivity contribution in [1.82, 2.24) is 5.32 Å². The fourth-order valence-corrected chi connectivity index (χ4v) is 1.72. The molecule has 2 N–H and O–H groups in total. The number of anilines is 1. The van der Waals surface area contributed by atoms with Gasteiger partial charge in [-0.15, -0.1) is 0 Å². The normalized spacial score (nSPS) is 10.6. The van der Waals surface area contributed by atoms with Crippen LogP contribution >= 0.6 is 0 Å². The van der Waals surface area contributed by atoms with Gasteiger partial charge in [0.2, 0.25) is 5.91 Å². The van der Waals surface area contributed by atoms with Gasteiger partial charge in [-0.2, -0.15) is 0 Å². The molecule has 0 aliphatic rings. The Hall–Kier alpha value is -1.55. The molecule has 0 fully saturated rings. The largest absolute Gasteiger partial charge is 0.495 e. The van der Waals surface area contributed by atoms with Crippen LogP contribution in [0.4, 0.5) is 5.69 Å². The molecule has 0 atom stereocenters. The number of rotatable bonds is 7. The fourth-order valence-electron chi connectivity index (χ4n) is 1.72. The van der Waals surface area contributed by atoms with E-state index < -0.39 is 0 Å². The highest BCUT2D eigenvalue weighted by atomic mass is 16.5. The molecule has 0 saturated carbocycles. The fraction of sp³-hybridized carbons (Fsp3) is 0.533. The van der Waals surface area contributed by atoms with Gasteiger partial charge in [0.05, 0.1) is 12.8 Å². The Kier molecular flexibility index (Phi) is 6.36. The van der Waals surface area contributed by atoms with E-state index >= 15 is 0 Å². The van der Waals surface area contributed by atoms with Crippen LogP contribution in [0.5, 0.6) is 5.75 Å². The molecule has 0 spiro atoms. The lowest BCUT2D eigenvalue weighted by atomic mass is 10.2. The lowest BCUT2D eigenvalue weighted by molar-refractivity contribution is -0.116. The number of hydrogen-bond donors (Lipinski definition) is 2. The van der Waals surface area contributed by atoms with Crippen LogP contribution in [-0.2, 0) is 4.79 Å². The Morgan fingerprint density at radius 2 is 2.11 bits per heavy atom. The Morgan fingerprint density at radius 3 is 2.74 bits per heavy atom. The summed E-state index contributed by atoms with van der Waals surface area (Å²) in [6.07, 6.45) is 0.462. The molecule has 0 aromatic heterocycles. The summed E-state index contributed by atoms with van der Waals surface area (Å²) < 4.78 is 5.23. The molecular weight excluding hydrogens is 240 g/mol. The van der Waals surface area contributed by atoms with Crippen molar-refractivity contribution in [1.29, 1.82) is 0 Å². The minimum atomic E-state index is 0.000145. The summed E-state index contributed by atoms with van der Waals surface area (Å²) in [5, 5.41) is 6.14. The molecule has 106 valence electrons. The quantitative estimate of drug-likeness (QED) is 0.744. The Morgan fingerprint density at radius 1 is 1.37 bits per heavy atom. The summed E-state index contributed by atoms with van der Waals surface area (Å²) in [6.45, 7) is 7.90. The van der Waals surface area contributed by atoms with E-state index in [1.165, 1.54) is 0 Å². The molecule has 0 heterocycles. The molecule has 1 aromatic rings. The zero-order valence-electron chi connectivity index (χ0n) is 12.2. The summed E-state index contributed by atoms with van der Waals surface area (Å²) in [5.41, 5.74) is 1.82. The number of ether oxygens (including phenoxy) is 1. The van der Waals surface area contributed by atoms with Crippen LogP contribution in [0, 0.1) is 12.8 Å². The summed E-state index contributed by atoms with van der Waals surface area (Å²) in [5.74, 6) is 1.29. The Labute approximate surface area is 115 Å². The first-order valence-electron chi connectivity index (χ1n) is 6.68. The van der Waals surface area contributed by atoms with Gasteiger partial charge in [0.25, 0.3) is 0 Å². The van der Waals surface area contributed by atoms with Gasteiger partial charge in [-0.3, -0.25) is 4.79 Å². The maximum absolute atomic E-state index is 11.8. The van der Waals surface area contributed by atoms with Crippen molar-refractivity contribution in [2.45, 2.75) is 27.2 Å². The lowest BCUT2D eigenvalue weighted by Gasteiger charge is -2.11. The number of methoxy groups -OCH3 is 1. The first kappa shape index (κ1) is 15.5. The smallest absolute Gasteiger partial charge is 0.225 e. The molecule has 0 aliphatic heterocycles. The van der Waals surface area contributed by atoms with E-state index in [1.807, 2.05) is 25.1 Å². The van der Waals surface area contributed by atoms with Crippen molar-refractivity contribution < 1.29 is 9.53 Å². The molecular formula is C15H24N2O2. The number of carbonyl (C=O) groups is 1. The second kappa shape index (κ2) is 7.79. The third kappa shape index (κ3) is 5.75. The first-order chi connectivity index (χ1) is 9.02. The summed E-state index contributed by atoms with van der Waals surface area (Å²) in [4.78, 5) is 11.8. The van der Waals surface area contributed by atoms with Crippen molar-refractivity contribution in [2.75, 3.05) is 25.5 Å². The Balaban J connectivity index is 2.45.